The van der Waals surface area contributed by atoms with E-state index in [0.29, 0.717) is 17.6 Å². The second-order valence-corrected chi connectivity index (χ2v) is 4.85. The van der Waals surface area contributed by atoms with Crippen molar-refractivity contribution in [3.8, 4) is 0 Å². The molecule has 2 aromatic rings. The Morgan fingerprint density at radius 2 is 2.21 bits per heavy atom. The number of H-pyrrole nitrogens is 1. The van der Waals surface area contributed by atoms with Crippen LogP contribution in [-0.2, 0) is 7.05 Å². The van der Waals surface area contributed by atoms with E-state index >= 15 is 0 Å². The molecule has 19 heavy (non-hydrogen) atoms. The molecule has 0 aromatic carbocycles. The molecule has 1 fully saturated rings. The minimum Gasteiger partial charge on any atom is -0.292 e. The lowest BCUT2D eigenvalue weighted by molar-refractivity contribution is 0.262. The molecule has 0 bridgehead atoms. The van der Waals surface area contributed by atoms with E-state index in [2.05, 4.69) is 25.9 Å². The minimum atomic E-state index is -0.311. The van der Waals surface area contributed by atoms with Crippen molar-refractivity contribution >= 4 is 17.7 Å². The lowest BCUT2D eigenvalue weighted by Crippen LogP contribution is -2.21. The number of amides is 2. The monoisotopic (exact) mass is 260 g/mol. The number of urea groups is 1. The van der Waals surface area contributed by atoms with Crippen molar-refractivity contribution in [1.29, 1.82) is 0 Å². The highest BCUT2D eigenvalue weighted by Gasteiger charge is 2.26. The quantitative estimate of drug-likeness (QED) is 0.788. The molecule has 1 saturated carbocycles. The predicted molar refractivity (Wildman–Crippen MR) is 71.1 cm³/mol. The first-order chi connectivity index (χ1) is 9.11. The highest BCUT2D eigenvalue weighted by atomic mass is 16.2. The zero-order valence-electron chi connectivity index (χ0n) is 10.9. The van der Waals surface area contributed by atoms with Gasteiger partial charge < -0.3 is 0 Å². The number of aromatic nitrogens is 4. The summed E-state index contributed by atoms with van der Waals surface area (Å²) in [6, 6.07) is 3.38. The fourth-order valence-electron chi connectivity index (χ4n) is 1.99. The van der Waals surface area contributed by atoms with Crippen molar-refractivity contribution < 1.29 is 4.79 Å². The van der Waals surface area contributed by atoms with Gasteiger partial charge in [0, 0.05) is 25.1 Å². The van der Waals surface area contributed by atoms with E-state index in [4.69, 9.17) is 0 Å². The molecule has 0 radical (unpaired) electrons. The normalized spacial score (nSPS) is 14.4. The molecular formula is C12H16N6O. The third-order valence-corrected chi connectivity index (χ3v) is 3.09. The topological polar surface area (TPSA) is 87.6 Å². The van der Waals surface area contributed by atoms with Gasteiger partial charge in [-0.05, 0) is 19.8 Å². The van der Waals surface area contributed by atoms with Crippen LogP contribution in [0.3, 0.4) is 0 Å². The van der Waals surface area contributed by atoms with Crippen molar-refractivity contribution in [2.45, 2.75) is 25.7 Å². The number of hydrogen-bond donors (Lipinski definition) is 3. The summed E-state index contributed by atoms with van der Waals surface area (Å²) in [5.41, 5.74) is 1.88. The molecule has 0 saturated heterocycles. The van der Waals surface area contributed by atoms with Crippen LogP contribution in [-0.4, -0.2) is 26.0 Å². The van der Waals surface area contributed by atoms with E-state index in [1.54, 1.807) is 11.7 Å². The Hall–Kier alpha value is -2.31. The van der Waals surface area contributed by atoms with Crippen molar-refractivity contribution in [2.24, 2.45) is 7.05 Å². The van der Waals surface area contributed by atoms with E-state index in [-0.39, 0.29) is 6.03 Å². The van der Waals surface area contributed by atoms with Gasteiger partial charge in [0.25, 0.3) is 0 Å². The second kappa shape index (κ2) is 4.42. The Morgan fingerprint density at radius 3 is 2.84 bits per heavy atom. The second-order valence-electron chi connectivity index (χ2n) is 4.85. The summed E-state index contributed by atoms with van der Waals surface area (Å²) < 4.78 is 1.62. The van der Waals surface area contributed by atoms with Crippen molar-refractivity contribution in [1.82, 2.24) is 20.0 Å². The summed E-state index contributed by atoms with van der Waals surface area (Å²) in [5, 5.41) is 16.6. The molecule has 0 spiro atoms. The van der Waals surface area contributed by atoms with Gasteiger partial charge in [0.2, 0.25) is 0 Å². The van der Waals surface area contributed by atoms with Gasteiger partial charge in [-0.15, -0.1) is 0 Å². The van der Waals surface area contributed by atoms with Crippen LogP contribution < -0.4 is 10.6 Å². The van der Waals surface area contributed by atoms with Gasteiger partial charge in [0.1, 0.15) is 11.6 Å². The number of hydrogen-bond acceptors (Lipinski definition) is 3. The average Bonchev–Trinajstić information content (AvgIpc) is 3.01. The van der Waals surface area contributed by atoms with Gasteiger partial charge in [-0.25, -0.2) is 4.79 Å². The molecule has 2 heterocycles. The van der Waals surface area contributed by atoms with Gasteiger partial charge in [0.15, 0.2) is 0 Å². The third kappa shape index (κ3) is 2.59. The number of nitrogens with one attached hydrogen (secondary N) is 3. The molecular weight excluding hydrogens is 244 g/mol. The van der Waals surface area contributed by atoms with Gasteiger partial charge in [0.05, 0.1) is 11.4 Å². The lowest BCUT2D eigenvalue weighted by atomic mass is 10.3. The van der Waals surface area contributed by atoms with Crippen molar-refractivity contribution in [3.05, 3.63) is 23.5 Å². The Bertz CT molecular complexity index is 610. The van der Waals surface area contributed by atoms with Gasteiger partial charge in [-0.3, -0.25) is 20.4 Å². The highest BCUT2D eigenvalue weighted by Crippen LogP contribution is 2.39. The third-order valence-electron chi connectivity index (χ3n) is 3.09. The van der Waals surface area contributed by atoms with Crippen molar-refractivity contribution in [3.63, 3.8) is 0 Å². The Labute approximate surface area is 110 Å². The Balaban J connectivity index is 1.62. The van der Waals surface area contributed by atoms with Crippen LogP contribution in [0.5, 0.6) is 0 Å². The van der Waals surface area contributed by atoms with Crippen molar-refractivity contribution in [2.75, 3.05) is 10.6 Å². The zero-order chi connectivity index (χ0) is 13.4. The fraction of sp³-hybridized carbons (Fsp3) is 0.417. The first kappa shape index (κ1) is 11.8. The summed E-state index contributed by atoms with van der Waals surface area (Å²) in [4.78, 5) is 11.8. The zero-order valence-corrected chi connectivity index (χ0v) is 10.9. The standard InChI is InChI=1S/C12H16N6O/c1-7-5-11(18(2)17-7)14-12(19)13-10-6-9(15-16-10)8-3-4-8/h5-6,8H,3-4H2,1-2H3,(H3,13,14,15,16,19). The number of nitrogens with zero attached hydrogens (tertiary/aromatic N) is 3. The Kier molecular flexibility index (Phi) is 2.73. The number of rotatable bonds is 3. The Morgan fingerprint density at radius 1 is 1.42 bits per heavy atom. The number of aromatic amines is 1. The first-order valence-electron chi connectivity index (χ1n) is 6.26. The van der Waals surface area contributed by atoms with E-state index in [1.807, 2.05) is 19.1 Å². The first-order valence-corrected chi connectivity index (χ1v) is 6.26. The van der Waals surface area contributed by atoms with E-state index in [1.165, 1.54) is 12.8 Å². The van der Waals surface area contributed by atoms with Crippen LogP contribution in [0.2, 0.25) is 0 Å². The van der Waals surface area contributed by atoms with Gasteiger partial charge >= 0.3 is 6.03 Å². The van der Waals surface area contributed by atoms with Gasteiger partial charge in [-0.2, -0.15) is 10.2 Å². The van der Waals surface area contributed by atoms with Crippen LogP contribution in [0.4, 0.5) is 16.4 Å². The van der Waals surface area contributed by atoms with Crippen LogP contribution in [0.25, 0.3) is 0 Å². The molecule has 3 rings (SSSR count). The molecule has 2 aromatic heterocycles. The number of carbonyl (C=O) groups excluding carboxylic acids is 1. The maximum Gasteiger partial charge on any atom is 0.325 e. The maximum atomic E-state index is 11.8. The highest BCUT2D eigenvalue weighted by molar-refractivity contribution is 5.98. The average molecular weight is 260 g/mol. The maximum absolute atomic E-state index is 11.8. The summed E-state index contributed by atoms with van der Waals surface area (Å²) in [7, 11) is 1.78. The van der Waals surface area contributed by atoms with Gasteiger partial charge in [-0.1, -0.05) is 0 Å². The lowest BCUT2D eigenvalue weighted by Gasteiger charge is -2.05. The molecule has 7 nitrogen and oxygen atoms in total. The minimum absolute atomic E-state index is 0.311. The van der Waals surface area contributed by atoms with Crippen LogP contribution in [0.1, 0.15) is 30.1 Å². The molecule has 2 amide bonds. The fourth-order valence-corrected chi connectivity index (χ4v) is 1.99. The summed E-state index contributed by atoms with van der Waals surface area (Å²) in [6.07, 6.45) is 2.37. The molecule has 0 unspecified atom stereocenters. The molecule has 0 atom stereocenters. The van der Waals surface area contributed by atoms with E-state index in [9.17, 15) is 4.79 Å². The molecule has 7 heteroatoms. The summed E-state index contributed by atoms with van der Waals surface area (Å²) in [6.45, 7) is 1.87. The molecule has 3 N–H and O–H groups in total. The predicted octanol–water partition coefficient (Wildman–Crippen LogP) is 1.97. The number of carbonyl (C=O) groups is 1. The molecule has 1 aliphatic rings. The number of aryl methyl sites for hydroxylation is 2. The molecule has 0 aliphatic heterocycles. The van der Waals surface area contributed by atoms with Crippen LogP contribution >= 0.6 is 0 Å². The summed E-state index contributed by atoms with van der Waals surface area (Å²) in [5.74, 6) is 1.82. The SMILES string of the molecule is Cc1cc(NC(=O)Nc2cc(C3CC3)n[nH]2)n(C)n1. The molecule has 1 aliphatic carbocycles. The van der Waals surface area contributed by atoms with Crippen LogP contribution in [0, 0.1) is 6.92 Å². The van der Waals surface area contributed by atoms with Crippen LogP contribution in [0.15, 0.2) is 12.1 Å². The van der Waals surface area contributed by atoms with E-state index < -0.39 is 0 Å². The molecule has 100 valence electrons. The summed E-state index contributed by atoms with van der Waals surface area (Å²) >= 11 is 0. The smallest absolute Gasteiger partial charge is 0.292 e. The van der Waals surface area contributed by atoms with E-state index in [0.717, 1.165) is 11.4 Å². The number of anilines is 2. The largest absolute Gasteiger partial charge is 0.325 e.